The van der Waals surface area contributed by atoms with Gasteiger partial charge in [-0.25, -0.2) is 14.3 Å². The van der Waals surface area contributed by atoms with E-state index in [-0.39, 0.29) is 69.2 Å². The summed E-state index contributed by atoms with van der Waals surface area (Å²) in [6.45, 7) is 2.80. The minimum atomic E-state index is -1.73. The van der Waals surface area contributed by atoms with E-state index in [0.29, 0.717) is 11.3 Å². The lowest BCUT2D eigenvalue weighted by Crippen LogP contribution is -2.63. The van der Waals surface area contributed by atoms with Crippen LogP contribution in [0.3, 0.4) is 0 Å². The molecule has 16 heteroatoms. The van der Waals surface area contributed by atoms with E-state index in [1.807, 2.05) is 18.2 Å². The summed E-state index contributed by atoms with van der Waals surface area (Å²) in [5.41, 5.74) is 4.12. The maximum atomic E-state index is 13.2. The number of halogens is 2. The van der Waals surface area contributed by atoms with Crippen molar-refractivity contribution < 1.29 is 38.8 Å². The number of oxime groups is 1. The van der Waals surface area contributed by atoms with Crippen molar-refractivity contribution in [1.29, 1.82) is 0 Å². The van der Waals surface area contributed by atoms with Gasteiger partial charge < -0.3 is 25.6 Å². The number of anilines is 1. The second kappa shape index (κ2) is 13.0. The van der Waals surface area contributed by atoms with Gasteiger partial charge in [0.05, 0.1) is 23.0 Å². The lowest BCUT2D eigenvalue weighted by atomic mass is 9.89. The molecule has 0 radical (unpaired) electrons. The smallest absolute Gasteiger partial charge is 0.350 e. The number of nitrogens with zero attached hydrogens (tertiary/aromatic N) is 4. The van der Waals surface area contributed by atoms with Crippen LogP contribution in [0.1, 0.15) is 26.0 Å². The van der Waals surface area contributed by atoms with Crippen LogP contribution in [0.4, 0.5) is 5.13 Å². The highest BCUT2D eigenvalue weighted by molar-refractivity contribution is 8.93. The SMILES string of the molecule is Br.Br.CC(C)(O/N=C(\C(=O)C[C@@H]1C(=O)N2C(C(=O)[O-])=C(C[n+]3ccccc3)CS[C@H]12)c1csc(N)n1)C(=O)O. The van der Waals surface area contributed by atoms with E-state index in [1.165, 1.54) is 35.9 Å². The second-order valence-electron chi connectivity index (χ2n) is 8.85. The number of carbonyl (C=O) groups excluding carboxylic acids is 3. The number of fused-ring (bicyclic) bond motifs is 1. The average Bonchev–Trinajstić information content (AvgIpc) is 3.28. The summed E-state index contributed by atoms with van der Waals surface area (Å²) in [7, 11) is 0. The Balaban J connectivity index is 0.00000267. The van der Waals surface area contributed by atoms with E-state index in [9.17, 15) is 29.4 Å². The number of carboxylic acids is 2. The first-order valence-electron chi connectivity index (χ1n) is 11.1. The number of carbonyl (C=O) groups is 4. The molecule has 3 N–H and O–H groups in total. The Morgan fingerprint density at radius 2 is 1.95 bits per heavy atom. The van der Waals surface area contributed by atoms with E-state index in [1.54, 1.807) is 17.0 Å². The van der Waals surface area contributed by atoms with Gasteiger partial charge in [0.1, 0.15) is 5.69 Å². The van der Waals surface area contributed by atoms with E-state index >= 15 is 0 Å². The maximum absolute atomic E-state index is 13.2. The summed E-state index contributed by atoms with van der Waals surface area (Å²) in [5.74, 6) is -4.37. The third-order valence-electron chi connectivity index (χ3n) is 5.82. The van der Waals surface area contributed by atoms with Crippen molar-refractivity contribution in [2.24, 2.45) is 11.1 Å². The van der Waals surface area contributed by atoms with Crippen LogP contribution in [0, 0.1) is 5.92 Å². The summed E-state index contributed by atoms with van der Waals surface area (Å²) in [4.78, 5) is 60.0. The van der Waals surface area contributed by atoms with Crippen molar-refractivity contribution in [1.82, 2.24) is 9.88 Å². The van der Waals surface area contributed by atoms with Crippen molar-refractivity contribution in [3.63, 3.8) is 0 Å². The molecule has 0 aromatic carbocycles. The molecule has 39 heavy (non-hydrogen) atoms. The van der Waals surface area contributed by atoms with Crippen LogP contribution in [-0.2, 0) is 30.6 Å². The topological polar surface area (TPSA) is 179 Å². The molecule has 210 valence electrons. The number of thiazole rings is 1. The molecule has 0 unspecified atom stereocenters. The van der Waals surface area contributed by atoms with Gasteiger partial charge in [0.2, 0.25) is 11.5 Å². The number of rotatable bonds is 10. The number of thioether (sulfide) groups is 1. The number of hydrogen-bond donors (Lipinski definition) is 2. The summed E-state index contributed by atoms with van der Waals surface area (Å²) in [6, 6.07) is 5.46. The molecule has 2 atom stereocenters. The highest BCUT2D eigenvalue weighted by atomic mass is 79.9. The monoisotopic (exact) mass is 705 g/mol. The molecular weight excluding hydrogens is 682 g/mol. The van der Waals surface area contributed by atoms with E-state index < -0.39 is 40.5 Å². The van der Waals surface area contributed by atoms with Crippen LogP contribution >= 0.6 is 57.1 Å². The van der Waals surface area contributed by atoms with Gasteiger partial charge in [-0.05, 0) is 13.8 Å². The van der Waals surface area contributed by atoms with E-state index in [0.717, 1.165) is 11.3 Å². The number of nitrogens with two attached hydrogens (primary N) is 1. The summed E-state index contributed by atoms with van der Waals surface area (Å²) < 4.78 is 1.80. The van der Waals surface area contributed by atoms with E-state index in [4.69, 9.17) is 10.6 Å². The van der Waals surface area contributed by atoms with Gasteiger partial charge in [-0.1, -0.05) is 11.2 Å². The van der Waals surface area contributed by atoms with Crippen LogP contribution < -0.4 is 15.4 Å². The third-order valence-corrected chi connectivity index (χ3v) is 7.89. The van der Waals surface area contributed by atoms with Gasteiger partial charge in [-0.15, -0.1) is 57.1 Å². The number of nitrogen functional groups attached to an aromatic ring is 1. The minimum absolute atomic E-state index is 0. The number of β-lactam (4-membered cyclic amide) rings is 1. The molecule has 1 fully saturated rings. The van der Waals surface area contributed by atoms with Crippen LogP contribution in [0.2, 0.25) is 0 Å². The number of aliphatic carboxylic acids is 2. The zero-order valence-corrected chi connectivity index (χ0v) is 25.7. The van der Waals surface area contributed by atoms with Gasteiger partial charge in [-0.3, -0.25) is 14.5 Å². The van der Waals surface area contributed by atoms with Crippen LogP contribution in [0.15, 0.2) is 52.4 Å². The van der Waals surface area contributed by atoms with Crippen LogP contribution in [-0.4, -0.2) is 61.1 Å². The first-order chi connectivity index (χ1) is 17.5. The molecule has 0 bridgehead atoms. The predicted molar refractivity (Wildman–Crippen MR) is 151 cm³/mol. The molecule has 4 rings (SSSR count). The fraction of sp³-hybridized carbons (Fsp3) is 0.348. The molecular formula is C23H25Br2N5O7S2. The van der Waals surface area contributed by atoms with Gasteiger partial charge in [0, 0.05) is 35.3 Å². The number of hydrogen-bond acceptors (Lipinski definition) is 11. The molecule has 2 aromatic heterocycles. The lowest BCUT2D eigenvalue weighted by molar-refractivity contribution is -0.689. The van der Waals surface area contributed by atoms with Crippen LogP contribution in [0.5, 0.6) is 0 Å². The highest BCUT2D eigenvalue weighted by Gasteiger charge is 2.53. The Bertz CT molecular complexity index is 1330. The number of amides is 1. The molecule has 1 amide bonds. The van der Waals surface area contributed by atoms with Crippen molar-refractivity contribution in [2.75, 3.05) is 11.5 Å². The third kappa shape index (κ3) is 6.85. The number of Topliss-reactive ketones (excluding diaryl/α,β-unsaturated/α-hetero) is 1. The molecule has 0 spiro atoms. The van der Waals surface area contributed by atoms with Gasteiger partial charge >= 0.3 is 5.97 Å². The first kappa shape index (κ1) is 32.4. The largest absolute Gasteiger partial charge is 0.543 e. The van der Waals surface area contributed by atoms with Gasteiger partial charge in [0.15, 0.2) is 35.6 Å². The van der Waals surface area contributed by atoms with Gasteiger partial charge in [-0.2, -0.15) is 0 Å². The predicted octanol–water partition coefficient (Wildman–Crippen LogP) is 0.947. The van der Waals surface area contributed by atoms with Crippen molar-refractivity contribution >= 4 is 91.5 Å². The molecule has 2 aliphatic rings. The molecule has 12 nitrogen and oxygen atoms in total. The lowest BCUT2D eigenvalue weighted by Gasteiger charge is -2.50. The highest BCUT2D eigenvalue weighted by Crippen LogP contribution is 2.45. The zero-order chi connectivity index (χ0) is 26.9. The number of aromatic nitrogens is 2. The standard InChI is InChI=1S/C23H23N5O7S2.2BrH/c1-23(2,21(33)34)35-26-16(14-11-37-22(24)25-14)15(29)8-13-18(30)28-17(20(31)32)12(10-36-19(13)28)9-27-6-4-3-5-7-27;;/h3-7,11,13,19H,8-10H2,1-2H3,(H3-,24,25,31,32,33,34);2*1H/b26-16-;;/t13-,19-;;/m1../s1. The molecule has 2 aromatic rings. The second-order valence-corrected chi connectivity index (χ2v) is 10.8. The fourth-order valence-corrected chi connectivity index (χ4v) is 5.77. The van der Waals surface area contributed by atoms with Crippen LogP contribution in [0.25, 0.3) is 0 Å². The quantitative estimate of drug-likeness (QED) is 0.156. The van der Waals surface area contributed by atoms with Crippen molar-refractivity contribution in [3.05, 3.63) is 52.9 Å². The Morgan fingerprint density at radius 1 is 1.28 bits per heavy atom. The van der Waals surface area contributed by atoms with Crippen molar-refractivity contribution in [3.8, 4) is 0 Å². The number of ketones is 1. The summed E-state index contributed by atoms with van der Waals surface area (Å²) in [5, 5.41) is 26.1. The molecule has 0 aliphatic carbocycles. The van der Waals surface area contributed by atoms with Gasteiger partial charge in [0.25, 0.3) is 0 Å². The Hall–Kier alpha value is -2.82. The van der Waals surface area contributed by atoms with E-state index in [2.05, 4.69) is 10.1 Å². The minimum Gasteiger partial charge on any atom is -0.543 e. The molecule has 2 aliphatic heterocycles. The number of carboxylic acid groups (broad SMARTS) is 2. The normalized spacial score (nSPS) is 18.8. The zero-order valence-electron chi connectivity index (χ0n) is 20.6. The average molecular weight is 707 g/mol. The molecule has 0 saturated carbocycles. The Labute approximate surface area is 252 Å². The fourth-order valence-electron chi connectivity index (χ4n) is 3.82. The Kier molecular flexibility index (Phi) is 10.8. The molecule has 4 heterocycles. The Morgan fingerprint density at radius 3 is 2.51 bits per heavy atom. The number of pyridine rings is 1. The first-order valence-corrected chi connectivity index (χ1v) is 13.0. The maximum Gasteiger partial charge on any atom is 0.350 e. The summed E-state index contributed by atoms with van der Waals surface area (Å²) in [6.07, 6.45) is 3.27. The molecule has 1 saturated heterocycles. The summed E-state index contributed by atoms with van der Waals surface area (Å²) >= 11 is 2.41. The van der Waals surface area contributed by atoms with Crippen molar-refractivity contribution in [2.45, 2.75) is 37.8 Å².